The molecule has 0 saturated carbocycles. The van der Waals surface area contributed by atoms with Crippen LogP contribution in [0.2, 0.25) is 0 Å². The summed E-state index contributed by atoms with van der Waals surface area (Å²) in [5.74, 6) is 0. The van der Waals surface area contributed by atoms with Crippen LogP contribution in [0.3, 0.4) is 0 Å². The van der Waals surface area contributed by atoms with Gasteiger partial charge in [0.25, 0.3) is 0 Å². The average Bonchev–Trinajstić information content (AvgIpc) is 4.09. The highest BCUT2D eigenvalue weighted by Crippen LogP contribution is 2.45. The fourth-order valence-corrected chi connectivity index (χ4v) is 9.85. The van der Waals surface area contributed by atoms with E-state index in [1.54, 1.807) is 0 Å². The lowest BCUT2D eigenvalue weighted by Crippen LogP contribution is -2.01. The molecular formula is C56H30N4O2. The smallest absolute Gasteiger partial charge is 0.145 e. The Morgan fingerprint density at radius 2 is 0.903 bits per heavy atom. The SMILES string of the molecule is N#Cc1ccc(-c2cc(C#N)cc(-c3ccc(-n4c5ccccc5c5c6oc7ccccc7c6ccc54)cc3-n3c4ccccc4c4c5oc6ccccc6c5ccc43)c2)cc1. The lowest BCUT2D eigenvalue weighted by molar-refractivity contribution is 0.672. The van der Waals surface area contributed by atoms with Crippen LogP contribution in [0.4, 0.5) is 0 Å². The summed E-state index contributed by atoms with van der Waals surface area (Å²) in [6.45, 7) is 0. The van der Waals surface area contributed by atoms with Crippen LogP contribution in [0.15, 0.2) is 191 Å². The maximum Gasteiger partial charge on any atom is 0.145 e. The van der Waals surface area contributed by atoms with E-state index in [0.29, 0.717) is 11.1 Å². The molecule has 0 aliphatic heterocycles. The van der Waals surface area contributed by atoms with Gasteiger partial charge < -0.3 is 18.0 Å². The Hall–Kier alpha value is -8.84. The number of rotatable bonds is 4. The number of nitriles is 2. The summed E-state index contributed by atoms with van der Waals surface area (Å²) in [5, 5.41) is 28.6. The highest BCUT2D eigenvalue weighted by Gasteiger charge is 2.23. The molecule has 4 aromatic heterocycles. The summed E-state index contributed by atoms with van der Waals surface area (Å²) in [5.41, 5.74) is 14.3. The summed E-state index contributed by atoms with van der Waals surface area (Å²) in [6, 6.07) is 67.1. The van der Waals surface area contributed by atoms with Crippen LogP contribution < -0.4 is 0 Å². The average molecular weight is 791 g/mol. The van der Waals surface area contributed by atoms with E-state index in [1.807, 2.05) is 60.7 Å². The van der Waals surface area contributed by atoms with E-state index in [0.717, 1.165) is 121 Å². The third-order valence-electron chi connectivity index (χ3n) is 12.6. The maximum atomic E-state index is 10.4. The molecule has 6 nitrogen and oxygen atoms in total. The summed E-state index contributed by atoms with van der Waals surface area (Å²) >= 11 is 0. The van der Waals surface area contributed by atoms with Gasteiger partial charge in [0, 0.05) is 43.6 Å². The van der Waals surface area contributed by atoms with Gasteiger partial charge >= 0.3 is 0 Å². The quantitative estimate of drug-likeness (QED) is 0.178. The summed E-state index contributed by atoms with van der Waals surface area (Å²) in [6.07, 6.45) is 0. The molecule has 0 radical (unpaired) electrons. The second-order valence-corrected chi connectivity index (χ2v) is 15.9. The molecule has 13 aromatic rings. The Morgan fingerprint density at radius 3 is 1.52 bits per heavy atom. The molecule has 0 atom stereocenters. The van der Waals surface area contributed by atoms with Crippen LogP contribution in [0.25, 0.3) is 121 Å². The third kappa shape index (κ3) is 4.78. The van der Waals surface area contributed by atoms with Crippen molar-refractivity contribution in [3.63, 3.8) is 0 Å². The van der Waals surface area contributed by atoms with Gasteiger partial charge in [0.1, 0.15) is 22.3 Å². The lowest BCUT2D eigenvalue weighted by Gasteiger charge is -2.18. The van der Waals surface area contributed by atoms with Gasteiger partial charge in [-0.2, -0.15) is 10.5 Å². The minimum Gasteiger partial charge on any atom is -0.455 e. The molecule has 0 aliphatic rings. The number of para-hydroxylation sites is 4. The van der Waals surface area contributed by atoms with Crippen LogP contribution in [0, 0.1) is 22.7 Å². The van der Waals surface area contributed by atoms with Gasteiger partial charge in [-0.05, 0) is 108 Å². The fourth-order valence-electron chi connectivity index (χ4n) is 9.85. The number of fused-ring (bicyclic) bond motifs is 14. The van der Waals surface area contributed by atoms with Gasteiger partial charge in [0.05, 0.1) is 61.8 Å². The van der Waals surface area contributed by atoms with Gasteiger partial charge in [-0.3, -0.25) is 0 Å². The molecule has 0 aliphatic carbocycles. The van der Waals surface area contributed by atoms with Crippen LogP contribution in [-0.4, -0.2) is 9.13 Å². The molecule has 0 unspecified atom stereocenters. The van der Waals surface area contributed by atoms with Crippen molar-refractivity contribution < 1.29 is 8.83 Å². The first-order chi connectivity index (χ1) is 30.6. The second-order valence-electron chi connectivity index (χ2n) is 15.9. The molecule has 0 saturated heterocycles. The van der Waals surface area contributed by atoms with Crippen LogP contribution in [-0.2, 0) is 0 Å². The molecule has 0 N–H and O–H groups in total. The molecule has 9 aromatic carbocycles. The zero-order chi connectivity index (χ0) is 41.1. The lowest BCUT2D eigenvalue weighted by atomic mass is 9.94. The first kappa shape index (κ1) is 34.1. The highest BCUT2D eigenvalue weighted by atomic mass is 16.3. The van der Waals surface area contributed by atoms with E-state index in [-0.39, 0.29) is 0 Å². The Bertz CT molecular complexity index is 4130. The number of hydrogen-bond acceptors (Lipinski definition) is 4. The first-order valence-electron chi connectivity index (χ1n) is 20.5. The van der Waals surface area contributed by atoms with E-state index >= 15 is 0 Å². The predicted molar refractivity (Wildman–Crippen MR) is 250 cm³/mol. The molecule has 0 spiro atoms. The second kappa shape index (κ2) is 12.8. The molecule has 0 bridgehead atoms. The normalized spacial score (nSPS) is 11.8. The Balaban J connectivity index is 1.14. The van der Waals surface area contributed by atoms with Crippen molar-refractivity contribution in [1.82, 2.24) is 9.13 Å². The number of furan rings is 2. The standard InChI is InChI=1S/C56H30N4O2/c57-31-33-17-19-35(20-18-33)36-27-34(32-58)28-37(29-36)39-22-21-38(59-46-13-5-1-11-44(46)53-48(59)25-23-42-40-9-3-7-15-51(40)61-55(42)53)30-50(39)60-47-14-6-2-12-45(47)54-49(60)26-24-43-41-10-4-8-16-52(41)62-56(43)54/h1-30H. The number of hydrogen-bond donors (Lipinski definition) is 0. The van der Waals surface area contributed by atoms with Crippen molar-refractivity contribution in [1.29, 1.82) is 10.5 Å². The molecule has 0 amide bonds. The zero-order valence-corrected chi connectivity index (χ0v) is 32.9. The van der Waals surface area contributed by atoms with Crippen molar-refractivity contribution in [3.05, 3.63) is 193 Å². The Labute approximate surface area is 353 Å². The number of benzene rings is 9. The van der Waals surface area contributed by atoms with E-state index in [2.05, 4.69) is 143 Å². The van der Waals surface area contributed by atoms with Crippen molar-refractivity contribution in [2.24, 2.45) is 0 Å². The van der Waals surface area contributed by atoms with Gasteiger partial charge in [-0.1, -0.05) is 91.0 Å². The molecule has 6 heteroatoms. The van der Waals surface area contributed by atoms with Gasteiger partial charge in [0.15, 0.2) is 0 Å². The molecule has 0 fully saturated rings. The van der Waals surface area contributed by atoms with Gasteiger partial charge in [-0.25, -0.2) is 0 Å². The highest BCUT2D eigenvalue weighted by molar-refractivity contribution is 6.25. The molecule has 13 rings (SSSR count). The largest absolute Gasteiger partial charge is 0.455 e. The molecule has 4 heterocycles. The van der Waals surface area contributed by atoms with E-state index in [4.69, 9.17) is 8.83 Å². The topological polar surface area (TPSA) is 83.7 Å². The van der Waals surface area contributed by atoms with Crippen LogP contribution in [0.1, 0.15) is 11.1 Å². The minimum absolute atomic E-state index is 0.542. The van der Waals surface area contributed by atoms with Crippen LogP contribution >= 0.6 is 0 Å². The van der Waals surface area contributed by atoms with E-state index in [9.17, 15) is 10.5 Å². The third-order valence-corrected chi connectivity index (χ3v) is 12.6. The number of nitrogens with zero attached hydrogens (tertiary/aromatic N) is 4. The maximum absolute atomic E-state index is 10.4. The fraction of sp³-hybridized carbons (Fsp3) is 0. The monoisotopic (exact) mass is 790 g/mol. The zero-order valence-electron chi connectivity index (χ0n) is 32.9. The van der Waals surface area contributed by atoms with Crippen molar-refractivity contribution in [2.45, 2.75) is 0 Å². The van der Waals surface area contributed by atoms with Crippen molar-refractivity contribution in [3.8, 4) is 45.8 Å². The number of aromatic nitrogens is 2. The van der Waals surface area contributed by atoms with Crippen LogP contribution in [0.5, 0.6) is 0 Å². The summed E-state index contributed by atoms with van der Waals surface area (Å²) < 4.78 is 18.0. The Morgan fingerprint density at radius 1 is 0.371 bits per heavy atom. The molecule has 62 heavy (non-hydrogen) atoms. The summed E-state index contributed by atoms with van der Waals surface area (Å²) in [7, 11) is 0. The van der Waals surface area contributed by atoms with Crippen molar-refractivity contribution >= 4 is 87.5 Å². The van der Waals surface area contributed by atoms with Gasteiger partial charge in [-0.15, -0.1) is 0 Å². The van der Waals surface area contributed by atoms with E-state index < -0.39 is 0 Å². The van der Waals surface area contributed by atoms with Crippen molar-refractivity contribution in [2.75, 3.05) is 0 Å². The Kier molecular flexibility index (Phi) is 7.05. The molecular weight excluding hydrogens is 761 g/mol. The summed E-state index contributed by atoms with van der Waals surface area (Å²) in [4.78, 5) is 0. The predicted octanol–water partition coefficient (Wildman–Crippen LogP) is 14.8. The van der Waals surface area contributed by atoms with E-state index in [1.165, 1.54) is 0 Å². The minimum atomic E-state index is 0.542. The van der Waals surface area contributed by atoms with Gasteiger partial charge in [0.2, 0.25) is 0 Å². The first-order valence-corrected chi connectivity index (χ1v) is 20.5. The molecule has 286 valence electrons.